The number of hydrogen-bond acceptors (Lipinski definition) is 7. The van der Waals surface area contributed by atoms with E-state index in [1.54, 1.807) is 19.0 Å². The van der Waals surface area contributed by atoms with Gasteiger partial charge in [0, 0.05) is 33.6 Å². The van der Waals surface area contributed by atoms with Crippen LogP contribution in [0, 0.1) is 0 Å². The summed E-state index contributed by atoms with van der Waals surface area (Å²) >= 11 is 12.9. The summed E-state index contributed by atoms with van der Waals surface area (Å²) in [5, 5.41) is 15.6. The Morgan fingerprint density at radius 3 is 2.09 bits per heavy atom. The Hall–Kier alpha value is -4.43. The summed E-state index contributed by atoms with van der Waals surface area (Å²) in [5.41, 5.74) is 2.66. The van der Waals surface area contributed by atoms with Crippen molar-refractivity contribution in [2.75, 3.05) is 19.0 Å². The monoisotopic (exact) mass is 654 g/mol. The van der Waals surface area contributed by atoms with Crippen LogP contribution in [0.15, 0.2) is 76.4 Å². The number of urea groups is 1. The highest BCUT2D eigenvalue weighted by molar-refractivity contribution is 7.89. The molecule has 0 bridgehead atoms. The number of fused-ring (bicyclic) bond motifs is 1. The van der Waals surface area contributed by atoms with Gasteiger partial charge in [0.2, 0.25) is 10.0 Å². The van der Waals surface area contributed by atoms with Crippen LogP contribution in [0.2, 0.25) is 10.0 Å². The van der Waals surface area contributed by atoms with Gasteiger partial charge in [-0.1, -0.05) is 77.8 Å². The summed E-state index contributed by atoms with van der Waals surface area (Å²) in [5.74, 6) is 0.668. The Labute approximate surface area is 262 Å². The van der Waals surface area contributed by atoms with Crippen LogP contribution in [0.25, 0.3) is 16.7 Å². The van der Waals surface area contributed by atoms with Gasteiger partial charge >= 0.3 is 6.03 Å². The van der Waals surface area contributed by atoms with Crippen LogP contribution in [-0.2, 0) is 29.5 Å². The van der Waals surface area contributed by atoms with Crippen LogP contribution >= 0.6 is 23.2 Å². The molecule has 0 atom stereocenters. The van der Waals surface area contributed by atoms with Crippen molar-refractivity contribution in [1.29, 1.82) is 0 Å². The van der Waals surface area contributed by atoms with Gasteiger partial charge in [-0.2, -0.15) is 0 Å². The number of carbonyl (C=O) groups excluding carboxylic acids is 1. The zero-order chi connectivity index (χ0) is 31.6. The van der Waals surface area contributed by atoms with Crippen molar-refractivity contribution in [3.63, 3.8) is 0 Å². The molecule has 0 saturated heterocycles. The van der Waals surface area contributed by atoms with E-state index in [4.69, 9.17) is 28.3 Å². The lowest BCUT2D eigenvalue weighted by Gasteiger charge is -2.11. The van der Waals surface area contributed by atoms with Gasteiger partial charge < -0.3 is 20.5 Å². The van der Waals surface area contributed by atoms with E-state index in [0.29, 0.717) is 24.7 Å². The maximum absolute atomic E-state index is 13.3. The number of aromatic amines is 1. The Balaban J connectivity index is 1.38. The molecule has 2 aromatic heterocycles. The Morgan fingerprint density at radius 2 is 1.52 bits per heavy atom. The highest BCUT2D eigenvalue weighted by Gasteiger charge is 2.24. The predicted octanol–water partition coefficient (Wildman–Crippen LogP) is 3.72. The number of hydrogen-bond donors (Lipinski definition) is 4. The van der Waals surface area contributed by atoms with E-state index >= 15 is 0 Å². The lowest BCUT2D eigenvalue weighted by Crippen LogP contribution is -2.34. The molecule has 2 amide bonds. The van der Waals surface area contributed by atoms with Crippen molar-refractivity contribution in [2.24, 2.45) is 5.14 Å². The lowest BCUT2D eigenvalue weighted by molar-refractivity contribution is 0.240. The first-order chi connectivity index (χ1) is 20.9. The number of rotatable bonds is 9. The molecule has 5 rings (SSSR count). The van der Waals surface area contributed by atoms with Crippen molar-refractivity contribution in [1.82, 2.24) is 30.4 Å². The highest BCUT2D eigenvalue weighted by Crippen LogP contribution is 2.34. The fraction of sp³-hybridized carbons (Fsp3) is 0.172. The first-order valence-corrected chi connectivity index (χ1v) is 15.6. The largest absolute Gasteiger partial charge is 0.361 e. The predicted molar refractivity (Wildman–Crippen MR) is 170 cm³/mol. The molecule has 0 aliphatic rings. The molecule has 3 aromatic carbocycles. The second kappa shape index (κ2) is 12.7. The zero-order valence-electron chi connectivity index (χ0n) is 23.6. The number of H-pyrrole nitrogens is 1. The zero-order valence-corrected chi connectivity index (χ0v) is 26.0. The molecule has 12 nitrogen and oxygen atoms in total. The molecule has 0 unspecified atom stereocenters. The second-order valence-electron chi connectivity index (χ2n) is 10.1. The molecule has 2 heterocycles. The van der Waals surface area contributed by atoms with Gasteiger partial charge in [-0.15, -0.1) is 5.10 Å². The number of aromatic nitrogens is 4. The normalized spacial score (nSPS) is 11.5. The Kier molecular flexibility index (Phi) is 8.92. The summed E-state index contributed by atoms with van der Waals surface area (Å²) in [6.45, 7) is 0.760. The number of nitrogens with zero attached hydrogens (tertiary/aromatic N) is 4. The highest BCUT2D eigenvalue weighted by atomic mass is 35.5. The molecule has 0 saturated carbocycles. The molecule has 0 fully saturated rings. The number of anilines is 1. The molecule has 5 aromatic rings. The van der Waals surface area contributed by atoms with Gasteiger partial charge in [-0.05, 0) is 28.8 Å². The first-order valence-electron chi connectivity index (χ1n) is 13.3. The molecule has 15 heteroatoms. The third-order valence-corrected chi connectivity index (χ3v) is 8.14. The lowest BCUT2D eigenvalue weighted by atomic mass is 10.1. The van der Waals surface area contributed by atoms with Crippen LogP contribution in [0.5, 0.6) is 0 Å². The number of nitrogens with one attached hydrogen (secondary N) is 3. The summed E-state index contributed by atoms with van der Waals surface area (Å²) < 4.78 is 25.1. The van der Waals surface area contributed by atoms with Crippen LogP contribution < -0.4 is 26.2 Å². The van der Waals surface area contributed by atoms with Gasteiger partial charge in [0.1, 0.15) is 16.9 Å². The summed E-state index contributed by atoms with van der Waals surface area (Å²) in [7, 11) is -0.634. The topological polar surface area (TPSA) is 168 Å². The number of amides is 2. The van der Waals surface area contributed by atoms with E-state index in [9.17, 15) is 18.0 Å². The van der Waals surface area contributed by atoms with Crippen molar-refractivity contribution in [3.8, 4) is 5.69 Å². The van der Waals surface area contributed by atoms with Crippen molar-refractivity contribution in [3.05, 3.63) is 110 Å². The van der Waals surface area contributed by atoms with E-state index in [0.717, 1.165) is 16.7 Å². The third kappa shape index (κ3) is 6.86. The van der Waals surface area contributed by atoms with Crippen LogP contribution in [0.4, 0.5) is 10.6 Å². The van der Waals surface area contributed by atoms with Crippen molar-refractivity contribution < 1.29 is 13.2 Å². The summed E-state index contributed by atoms with van der Waals surface area (Å²) in [6, 6.07) is 19.2. The fourth-order valence-corrected chi connectivity index (χ4v) is 5.85. The number of nitrogens with two attached hydrogens (primary N) is 1. The molecule has 0 radical (unpaired) electrons. The molecule has 0 aliphatic heterocycles. The molecule has 0 spiro atoms. The van der Waals surface area contributed by atoms with E-state index in [1.165, 1.54) is 16.8 Å². The SMILES string of the molecule is CN(C)c1nn(-c2c(Cl)cc(S(N)(=O)=O)cc2Cl)c2nc(Cc3ccc(CNC(=O)NCc4ccccc4)cc3)[nH]c(=O)c12. The number of halogens is 2. The molecule has 228 valence electrons. The van der Waals surface area contributed by atoms with Crippen molar-refractivity contribution >= 4 is 56.1 Å². The van der Waals surface area contributed by atoms with E-state index < -0.39 is 15.6 Å². The molecule has 5 N–H and O–H groups in total. The minimum Gasteiger partial charge on any atom is -0.361 e. The number of carbonyl (C=O) groups is 1. The molecular formula is C29H28Cl2N8O4S. The van der Waals surface area contributed by atoms with E-state index in [1.807, 2.05) is 54.6 Å². The summed E-state index contributed by atoms with van der Waals surface area (Å²) in [4.78, 5) is 34.4. The maximum atomic E-state index is 13.3. The van der Waals surface area contributed by atoms with E-state index in [2.05, 4.69) is 25.7 Å². The van der Waals surface area contributed by atoms with Gasteiger partial charge in [-0.25, -0.2) is 28.0 Å². The van der Waals surface area contributed by atoms with Crippen LogP contribution in [0.1, 0.15) is 22.5 Å². The fourth-order valence-electron chi connectivity index (χ4n) is 4.51. The van der Waals surface area contributed by atoms with Crippen molar-refractivity contribution in [2.45, 2.75) is 24.4 Å². The van der Waals surface area contributed by atoms with Gasteiger partial charge in [0.15, 0.2) is 11.5 Å². The van der Waals surface area contributed by atoms with Crippen LogP contribution in [0.3, 0.4) is 0 Å². The molecule has 44 heavy (non-hydrogen) atoms. The third-order valence-electron chi connectivity index (χ3n) is 6.67. The van der Waals surface area contributed by atoms with Gasteiger partial charge in [-0.3, -0.25) is 4.79 Å². The second-order valence-corrected chi connectivity index (χ2v) is 12.5. The average Bonchev–Trinajstić information content (AvgIpc) is 3.35. The molecule has 0 aliphatic carbocycles. The first kappa shape index (κ1) is 31.0. The minimum absolute atomic E-state index is 0.0437. The smallest absolute Gasteiger partial charge is 0.315 e. The Morgan fingerprint density at radius 1 is 0.955 bits per heavy atom. The number of benzene rings is 3. The van der Waals surface area contributed by atoms with Gasteiger partial charge in [0.05, 0.1) is 14.9 Å². The van der Waals surface area contributed by atoms with Gasteiger partial charge in [0.25, 0.3) is 5.56 Å². The quantitative estimate of drug-likeness (QED) is 0.188. The van der Waals surface area contributed by atoms with Crippen LogP contribution in [-0.4, -0.2) is 48.3 Å². The molecular weight excluding hydrogens is 627 g/mol. The summed E-state index contributed by atoms with van der Waals surface area (Å²) in [6.07, 6.45) is 0.282. The number of primary sulfonamides is 1. The standard InChI is InChI=1S/C29H28Cl2N8O4S/c1-38(2)27-24-26(39(37-27)25-21(30)13-20(14-22(25)31)44(32,42)43)35-23(36-28(24)40)12-17-8-10-19(11-9-17)16-34-29(41)33-15-18-6-4-3-5-7-18/h3-11,13-14H,12,15-16H2,1-2H3,(H2,32,42,43)(H2,33,34,41)(H,35,36,40). The number of sulfonamides is 1. The average molecular weight is 656 g/mol. The minimum atomic E-state index is -4.07. The maximum Gasteiger partial charge on any atom is 0.315 e. The Bertz CT molecular complexity index is 1990. The van der Waals surface area contributed by atoms with E-state index in [-0.39, 0.29) is 44.1 Å².